The summed E-state index contributed by atoms with van der Waals surface area (Å²) >= 11 is 0. The van der Waals surface area contributed by atoms with E-state index in [1.165, 1.54) is 17.2 Å². The number of carbonyl (C=O) groups excluding carboxylic acids is 2. The maximum Gasteiger partial charge on any atom is 0.290 e. The van der Waals surface area contributed by atoms with Gasteiger partial charge in [0.05, 0.1) is 44.8 Å². The first-order chi connectivity index (χ1) is 17.0. The molecule has 0 aliphatic carbocycles. The monoisotopic (exact) mass is 484 g/mol. The predicted octanol–water partition coefficient (Wildman–Crippen LogP) is 3.38. The van der Waals surface area contributed by atoms with Crippen LogP contribution in [0.3, 0.4) is 0 Å². The van der Waals surface area contributed by atoms with Crippen molar-refractivity contribution >= 4 is 11.7 Å². The number of amides is 1. The predicted molar refractivity (Wildman–Crippen MR) is 128 cm³/mol. The summed E-state index contributed by atoms with van der Waals surface area (Å²) in [4.78, 5) is 30.2. The topological polar surface area (TPSA) is 102 Å². The molecule has 0 saturated carbocycles. The second-order valence-electron chi connectivity index (χ2n) is 8.54. The highest BCUT2D eigenvalue weighted by atomic mass is 16.5. The number of hydrogen-bond donors (Lipinski definition) is 1. The third-order valence-corrected chi connectivity index (χ3v) is 6.31. The lowest BCUT2D eigenvalue weighted by atomic mass is 9.94. The van der Waals surface area contributed by atoms with E-state index in [-0.39, 0.29) is 11.3 Å². The fourth-order valence-electron chi connectivity index (χ4n) is 4.38. The Balaban J connectivity index is 1.67. The molecule has 1 aromatic carbocycles. The van der Waals surface area contributed by atoms with Crippen LogP contribution in [0.25, 0.3) is 0 Å². The lowest BCUT2D eigenvalue weighted by Gasteiger charge is -2.31. The SMILES string of the molecule is CCCCOc1ccc(C2C(C(=O)c3ccco3)=C(O)C(=O)N2CCN2CCOCC2)cc1OC. The number of benzene rings is 1. The minimum Gasteiger partial charge on any atom is -0.503 e. The average Bonchev–Trinajstić information content (AvgIpc) is 3.51. The molecule has 2 aliphatic rings. The molecule has 4 rings (SSSR count). The van der Waals surface area contributed by atoms with E-state index in [9.17, 15) is 14.7 Å². The van der Waals surface area contributed by atoms with E-state index < -0.39 is 23.5 Å². The lowest BCUT2D eigenvalue weighted by molar-refractivity contribution is -0.129. The van der Waals surface area contributed by atoms with E-state index in [1.807, 2.05) is 0 Å². The van der Waals surface area contributed by atoms with Crippen LogP contribution >= 0.6 is 0 Å². The van der Waals surface area contributed by atoms with Gasteiger partial charge in [0.15, 0.2) is 23.0 Å². The summed E-state index contributed by atoms with van der Waals surface area (Å²) in [7, 11) is 1.55. The van der Waals surface area contributed by atoms with Crippen LogP contribution < -0.4 is 9.47 Å². The normalized spacial score (nSPS) is 18.9. The molecule has 9 heteroatoms. The molecule has 188 valence electrons. The first-order valence-corrected chi connectivity index (χ1v) is 12.0. The molecule has 1 amide bonds. The number of carbonyl (C=O) groups is 2. The number of furan rings is 1. The zero-order chi connectivity index (χ0) is 24.8. The van der Waals surface area contributed by atoms with Crippen molar-refractivity contribution in [1.29, 1.82) is 0 Å². The molecule has 1 saturated heterocycles. The Morgan fingerprint density at radius 2 is 1.97 bits per heavy atom. The molecule has 1 unspecified atom stereocenters. The van der Waals surface area contributed by atoms with Gasteiger partial charge in [-0.15, -0.1) is 0 Å². The maximum absolute atomic E-state index is 13.3. The summed E-state index contributed by atoms with van der Waals surface area (Å²) in [5.74, 6) is -0.523. The number of unbranched alkanes of at least 4 members (excludes halogenated alkanes) is 1. The van der Waals surface area contributed by atoms with Crippen molar-refractivity contribution in [3.63, 3.8) is 0 Å². The third kappa shape index (κ3) is 5.36. The van der Waals surface area contributed by atoms with Crippen molar-refractivity contribution in [2.24, 2.45) is 0 Å². The van der Waals surface area contributed by atoms with Crippen LogP contribution in [0, 0.1) is 0 Å². The molecule has 0 bridgehead atoms. The molecule has 1 aromatic heterocycles. The Morgan fingerprint density at radius 3 is 2.66 bits per heavy atom. The van der Waals surface area contributed by atoms with Crippen LogP contribution in [0.1, 0.15) is 41.9 Å². The second-order valence-corrected chi connectivity index (χ2v) is 8.54. The molecular formula is C26H32N2O7. The number of Topliss-reactive ketones (excluding diaryl/α,β-unsaturated/α-hetero) is 1. The van der Waals surface area contributed by atoms with Gasteiger partial charge in [0, 0.05) is 26.2 Å². The Hall–Kier alpha value is -3.30. The van der Waals surface area contributed by atoms with E-state index in [2.05, 4.69) is 11.8 Å². The van der Waals surface area contributed by atoms with Crippen molar-refractivity contribution < 1.29 is 33.3 Å². The van der Waals surface area contributed by atoms with Crippen LogP contribution in [-0.4, -0.2) is 79.7 Å². The fraction of sp³-hybridized carbons (Fsp3) is 0.462. The van der Waals surface area contributed by atoms with Gasteiger partial charge in [-0.25, -0.2) is 0 Å². The molecule has 0 radical (unpaired) electrons. The summed E-state index contributed by atoms with van der Waals surface area (Å²) in [5.41, 5.74) is 0.632. The highest BCUT2D eigenvalue weighted by molar-refractivity contribution is 6.15. The van der Waals surface area contributed by atoms with E-state index in [0.717, 1.165) is 25.9 Å². The van der Waals surface area contributed by atoms with Crippen molar-refractivity contribution in [2.75, 3.05) is 53.1 Å². The zero-order valence-electron chi connectivity index (χ0n) is 20.2. The average molecular weight is 485 g/mol. The van der Waals surface area contributed by atoms with Gasteiger partial charge >= 0.3 is 0 Å². The smallest absolute Gasteiger partial charge is 0.290 e. The number of rotatable bonds is 11. The molecule has 3 heterocycles. The summed E-state index contributed by atoms with van der Waals surface area (Å²) < 4.78 is 22.1. The molecule has 1 N–H and O–H groups in total. The second kappa shape index (κ2) is 11.4. The van der Waals surface area contributed by atoms with Crippen molar-refractivity contribution in [1.82, 2.24) is 9.80 Å². The van der Waals surface area contributed by atoms with Crippen LogP contribution in [0.15, 0.2) is 52.3 Å². The molecule has 1 fully saturated rings. The van der Waals surface area contributed by atoms with Crippen LogP contribution in [-0.2, 0) is 9.53 Å². The van der Waals surface area contributed by atoms with E-state index >= 15 is 0 Å². The van der Waals surface area contributed by atoms with Gasteiger partial charge in [0.2, 0.25) is 5.78 Å². The molecule has 35 heavy (non-hydrogen) atoms. The van der Waals surface area contributed by atoms with E-state index in [4.69, 9.17) is 18.6 Å². The third-order valence-electron chi connectivity index (χ3n) is 6.31. The number of nitrogens with zero attached hydrogens (tertiary/aromatic N) is 2. The number of aliphatic hydroxyl groups is 1. The largest absolute Gasteiger partial charge is 0.503 e. The Kier molecular flexibility index (Phi) is 8.09. The molecule has 1 atom stereocenters. The van der Waals surface area contributed by atoms with Crippen molar-refractivity contribution in [3.8, 4) is 11.5 Å². The van der Waals surface area contributed by atoms with Gasteiger partial charge in [-0.3, -0.25) is 14.5 Å². The summed E-state index contributed by atoms with van der Waals surface area (Å²) in [5, 5.41) is 10.8. The Morgan fingerprint density at radius 1 is 1.17 bits per heavy atom. The van der Waals surface area contributed by atoms with Crippen molar-refractivity contribution in [3.05, 3.63) is 59.3 Å². The fourth-order valence-corrected chi connectivity index (χ4v) is 4.38. The van der Waals surface area contributed by atoms with Gasteiger partial charge < -0.3 is 28.6 Å². The van der Waals surface area contributed by atoms with E-state index in [0.29, 0.717) is 50.0 Å². The lowest BCUT2D eigenvalue weighted by Crippen LogP contribution is -2.43. The zero-order valence-corrected chi connectivity index (χ0v) is 20.2. The highest BCUT2D eigenvalue weighted by Crippen LogP contribution is 2.41. The van der Waals surface area contributed by atoms with Gasteiger partial charge in [-0.05, 0) is 36.2 Å². The highest BCUT2D eigenvalue weighted by Gasteiger charge is 2.44. The summed E-state index contributed by atoms with van der Waals surface area (Å²) in [6, 6.07) is 7.66. The number of morpholine rings is 1. The standard InChI is InChI=1S/C26H32N2O7/c1-3-4-13-34-19-8-7-18(17-21(19)32-2)23-22(24(29)20-6-5-14-35-20)25(30)26(31)28(23)10-9-27-11-15-33-16-12-27/h5-8,14,17,23,30H,3-4,9-13,15-16H2,1-2H3. The van der Waals surface area contributed by atoms with Crippen LogP contribution in [0.4, 0.5) is 0 Å². The maximum atomic E-state index is 13.3. The van der Waals surface area contributed by atoms with Gasteiger partial charge in [-0.1, -0.05) is 19.4 Å². The quantitative estimate of drug-likeness (QED) is 0.383. The number of methoxy groups -OCH3 is 1. The number of aliphatic hydroxyl groups excluding tert-OH is 1. The van der Waals surface area contributed by atoms with Crippen LogP contribution in [0.5, 0.6) is 11.5 Å². The van der Waals surface area contributed by atoms with Gasteiger partial charge in [0.25, 0.3) is 5.91 Å². The molecule has 2 aliphatic heterocycles. The van der Waals surface area contributed by atoms with Gasteiger partial charge in [-0.2, -0.15) is 0 Å². The first kappa shape index (κ1) is 24.8. The summed E-state index contributed by atoms with van der Waals surface area (Å²) in [6.45, 7) is 6.38. The molecule has 9 nitrogen and oxygen atoms in total. The van der Waals surface area contributed by atoms with Crippen LogP contribution in [0.2, 0.25) is 0 Å². The minimum atomic E-state index is -0.792. The summed E-state index contributed by atoms with van der Waals surface area (Å²) in [6.07, 6.45) is 3.30. The molecule has 0 spiro atoms. The molecular weight excluding hydrogens is 452 g/mol. The molecule has 2 aromatic rings. The van der Waals surface area contributed by atoms with Gasteiger partial charge in [0.1, 0.15) is 0 Å². The Bertz CT molecular complexity index is 1060. The first-order valence-electron chi connectivity index (χ1n) is 12.0. The van der Waals surface area contributed by atoms with E-state index in [1.54, 1.807) is 31.4 Å². The minimum absolute atomic E-state index is 0.00590. The number of ketones is 1. The Labute approximate surface area is 204 Å². The number of ether oxygens (including phenoxy) is 3. The number of hydrogen-bond acceptors (Lipinski definition) is 8. The van der Waals surface area contributed by atoms with Crippen molar-refractivity contribution in [2.45, 2.75) is 25.8 Å².